The van der Waals surface area contributed by atoms with Crippen LogP contribution in [0.25, 0.3) is 0 Å². The number of aromatic nitrogens is 1. The molecule has 5 nitrogen and oxygen atoms in total. The van der Waals surface area contributed by atoms with Gasteiger partial charge in [-0.2, -0.15) is 13.2 Å². The average molecular weight is 419 g/mol. The van der Waals surface area contributed by atoms with Crippen LogP contribution in [0.4, 0.5) is 33.3 Å². The number of hydrogen-bond acceptors (Lipinski definition) is 5. The van der Waals surface area contributed by atoms with Gasteiger partial charge in [0.2, 0.25) is 0 Å². The third kappa shape index (κ3) is 5.02. The van der Waals surface area contributed by atoms with Gasteiger partial charge in [0, 0.05) is 18.4 Å². The molecule has 0 radical (unpaired) electrons. The van der Waals surface area contributed by atoms with E-state index in [1.807, 2.05) is 0 Å². The van der Waals surface area contributed by atoms with Crippen LogP contribution in [-0.2, 0) is 22.1 Å². The highest BCUT2D eigenvalue weighted by Gasteiger charge is 2.40. The standard InChI is InChI=1S/C19H22F5N3O2/c1-10(2)9-11-14(25-12-5-3-7-28-12)16(18(20)21)27-17(19(22,23)24)15(11)26-13-6-4-8-29-13/h10,18H,3-9H2,1-2H3. The number of aliphatic imine (C=N–C) groups is 2. The van der Waals surface area contributed by atoms with Gasteiger partial charge in [-0.15, -0.1) is 0 Å². The molecule has 2 aliphatic heterocycles. The van der Waals surface area contributed by atoms with E-state index < -0.39 is 29.7 Å². The van der Waals surface area contributed by atoms with Gasteiger partial charge in [-0.3, -0.25) is 0 Å². The molecule has 10 heteroatoms. The van der Waals surface area contributed by atoms with Gasteiger partial charge in [0.25, 0.3) is 6.43 Å². The maximum atomic E-state index is 13.7. The van der Waals surface area contributed by atoms with E-state index in [1.165, 1.54) is 0 Å². The van der Waals surface area contributed by atoms with Gasteiger partial charge in [0.05, 0.1) is 18.9 Å². The second-order valence-electron chi connectivity index (χ2n) is 7.33. The summed E-state index contributed by atoms with van der Waals surface area (Å²) in [4.78, 5) is 11.5. The molecule has 0 aliphatic carbocycles. The van der Waals surface area contributed by atoms with Crippen LogP contribution in [0.5, 0.6) is 0 Å². The average Bonchev–Trinajstić information content (AvgIpc) is 3.29. The number of halogens is 5. The van der Waals surface area contributed by atoms with Gasteiger partial charge >= 0.3 is 6.18 Å². The van der Waals surface area contributed by atoms with E-state index in [0.717, 1.165) is 0 Å². The van der Waals surface area contributed by atoms with Crippen molar-refractivity contribution in [2.75, 3.05) is 13.2 Å². The fraction of sp³-hybridized carbons (Fsp3) is 0.632. The minimum atomic E-state index is -4.96. The maximum absolute atomic E-state index is 13.7. The van der Waals surface area contributed by atoms with Gasteiger partial charge < -0.3 is 9.47 Å². The van der Waals surface area contributed by atoms with Crippen LogP contribution in [-0.4, -0.2) is 30.0 Å². The first-order valence-corrected chi connectivity index (χ1v) is 9.49. The summed E-state index contributed by atoms with van der Waals surface area (Å²) < 4.78 is 79.3. The Balaban J connectivity index is 2.32. The Hall–Kier alpha value is -2.26. The van der Waals surface area contributed by atoms with Gasteiger partial charge in [-0.25, -0.2) is 23.7 Å². The third-order valence-electron chi connectivity index (χ3n) is 4.44. The molecule has 160 valence electrons. The molecule has 0 unspecified atom stereocenters. The summed E-state index contributed by atoms with van der Waals surface area (Å²) in [5.41, 5.74) is -3.24. The molecule has 2 aliphatic rings. The quantitative estimate of drug-likeness (QED) is 0.557. The van der Waals surface area contributed by atoms with Crippen molar-refractivity contribution in [3.05, 3.63) is 17.0 Å². The Morgan fingerprint density at radius 1 is 0.966 bits per heavy atom. The number of hydrogen-bond donors (Lipinski definition) is 0. The normalized spacial score (nSPS) is 20.2. The molecule has 0 aromatic carbocycles. The fourth-order valence-electron chi connectivity index (χ4n) is 3.23. The highest BCUT2D eigenvalue weighted by atomic mass is 19.4. The molecule has 0 spiro atoms. The molecule has 0 atom stereocenters. The van der Waals surface area contributed by atoms with Crippen molar-refractivity contribution in [2.24, 2.45) is 15.9 Å². The second kappa shape index (κ2) is 8.62. The Morgan fingerprint density at radius 2 is 1.52 bits per heavy atom. The van der Waals surface area contributed by atoms with Crippen LogP contribution in [0.15, 0.2) is 9.98 Å². The molecule has 0 bridgehead atoms. The van der Waals surface area contributed by atoms with Gasteiger partial charge in [0.1, 0.15) is 11.4 Å². The molecule has 2 fully saturated rings. The molecular formula is C19H22F5N3O2. The van der Waals surface area contributed by atoms with Crippen molar-refractivity contribution >= 4 is 23.2 Å². The van der Waals surface area contributed by atoms with E-state index >= 15 is 0 Å². The summed E-state index contributed by atoms with van der Waals surface area (Å²) in [7, 11) is 0. The number of alkyl halides is 5. The first-order valence-electron chi connectivity index (χ1n) is 9.49. The predicted molar refractivity (Wildman–Crippen MR) is 97.3 cm³/mol. The predicted octanol–water partition coefficient (Wildman–Crippen LogP) is 5.92. The molecule has 1 aromatic rings. The zero-order chi connectivity index (χ0) is 21.2. The molecule has 29 heavy (non-hydrogen) atoms. The lowest BCUT2D eigenvalue weighted by atomic mass is 9.97. The monoisotopic (exact) mass is 419 g/mol. The topological polar surface area (TPSA) is 56.1 Å². The Labute approximate surface area is 165 Å². The Morgan fingerprint density at radius 3 is 1.93 bits per heavy atom. The van der Waals surface area contributed by atoms with Crippen LogP contribution >= 0.6 is 0 Å². The van der Waals surface area contributed by atoms with Crippen LogP contribution in [0.1, 0.15) is 62.9 Å². The Bertz CT molecular complexity index is 803. The molecule has 0 N–H and O–H groups in total. The van der Waals surface area contributed by atoms with E-state index in [-0.39, 0.29) is 35.4 Å². The van der Waals surface area contributed by atoms with E-state index in [0.29, 0.717) is 38.9 Å². The Kier molecular flexibility index (Phi) is 6.38. The van der Waals surface area contributed by atoms with Crippen LogP contribution in [0.2, 0.25) is 0 Å². The van der Waals surface area contributed by atoms with Crippen molar-refractivity contribution in [3.63, 3.8) is 0 Å². The van der Waals surface area contributed by atoms with E-state index in [9.17, 15) is 22.0 Å². The molecule has 3 rings (SSSR count). The minimum absolute atomic E-state index is 0.0105. The van der Waals surface area contributed by atoms with Crippen LogP contribution < -0.4 is 0 Å². The summed E-state index contributed by atoms with van der Waals surface area (Å²) in [6.45, 7) is 4.30. The third-order valence-corrected chi connectivity index (χ3v) is 4.44. The van der Waals surface area contributed by atoms with Crippen molar-refractivity contribution in [2.45, 2.75) is 58.6 Å². The lowest BCUT2D eigenvalue weighted by molar-refractivity contribution is -0.140. The minimum Gasteiger partial charge on any atom is -0.481 e. The summed E-state index contributed by atoms with van der Waals surface area (Å²) in [5, 5.41) is 0. The second-order valence-corrected chi connectivity index (χ2v) is 7.33. The van der Waals surface area contributed by atoms with Crippen molar-refractivity contribution < 1.29 is 31.4 Å². The lowest BCUT2D eigenvalue weighted by Gasteiger charge is -2.20. The number of nitrogens with zero attached hydrogens (tertiary/aromatic N) is 3. The lowest BCUT2D eigenvalue weighted by Crippen LogP contribution is -2.14. The molecule has 3 heterocycles. The number of rotatable bonds is 5. The highest BCUT2D eigenvalue weighted by Crippen LogP contribution is 2.45. The number of ether oxygens (including phenoxy) is 2. The van der Waals surface area contributed by atoms with Crippen molar-refractivity contribution in [1.82, 2.24) is 4.98 Å². The summed E-state index contributed by atoms with van der Waals surface area (Å²) in [6.07, 6.45) is -6.01. The molecular weight excluding hydrogens is 397 g/mol. The van der Waals surface area contributed by atoms with E-state index in [4.69, 9.17) is 9.47 Å². The first kappa shape index (κ1) is 21.4. The molecule has 0 amide bonds. The van der Waals surface area contributed by atoms with Crippen LogP contribution in [0, 0.1) is 5.92 Å². The fourth-order valence-corrected chi connectivity index (χ4v) is 3.23. The van der Waals surface area contributed by atoms with E-state index in [2.05, 4.69) is 15.0 Å². The molecule has 0 saturated carbocycles. The highest BCUT2D eigenvalue weighted by molar-refractivity contribution is 5.85. The summed E-state index contributed by atoms with van der Waals surface area (Å²) in [6, 6.07) is 0. The summed E-state index contributed by atoms with van der Waals surface area (Å²) >= 11 is 0. The zero-order valence-corrected chi connectivity index (χ0v) is 16.2. The van der Waals surface area contributed by atoms with Crippen molar-refractivity contribution in [1.29, 1.82) is 0 Å². The van der Waals surface area contributed by atoms with Gasteiger partial charge in [-0.05, 0) is 25.2 Å². The van der Waals surface area contributed by atoms with Gasteiger partial charge in [-0.1, -0.05) is 13.8 Å². The largest absolute Gasteiger partial charge is 0.481 e. The van der Waals surface area contributed by atoms with Crippen LogP contribution in [0.3, 0.4) is 0 Å². The van der Waals surface area contributed by atoms with Crippen molar-refractivity contribution in [3.8, 4) is 0 Å². The SMILES string of the molecule is CC(C)Cc1c(N=C2CCCO2)c(C(F)F)nc(C(F)(F)F)c1N=C1CCCO1. The summed E-state index contributed by atoms with van der Waals surface area (Å²) in [5.74, 6) is 0.230. The van der Waals surface area contributed by atoms with E-state index in [1.54, 1.807) is 13.8 Å². The number of pyridine rings is 1. The zero-order valence-electron chi connectivity index (χ0n) is 16.2. The molecule has 1 aromatic heterocycles. The smallest absolute Gasteiger partial charge is 0.435 e. The maximum Gasteiger partial charge on any atom is 0.435 e. The van der Waals surface area contributed by atoms with Gasteiger partial charge in [0.15, 0.2) is 17.5 Å². The first-order chi connectivity index (χ1) is 13.7. The molecule has 2 saturated heterocycles.